The van der Waals surface area contributed by atoms with Crippen molar-refractivity contribution in [2.24, 2.45) is 5.73 Å². The molecule has 19 heavy (non-hydrogen) atoms. The van der Waals surface area contributed by atoms with Crippen molar-refractivity contribution >= 4 is 5.91 Å². The number of imidazole rings is 1. The molecule has 0 aliphatic carbocycles. The third kappa shape index (κ3) is 4.06. The van der Waals surface area contributed by atoms with Crippen molar-refractivity contribution in [3.8, 4) is 0 Å². The number of nitrogens with two attached hydrogens (primary N) is 1. The Labute approximate surface area is 115 Å². The number of nitrogens with one attached hydrogen (secondary N) is 1. The molecule has 0 spiro atoms. The van der Waals surface area contributed by atoms with Gasteiger partial charge in [0.1, 0.15) is 0 Å². The number of hydrogen-bond donors (Lipinski definition) is 2. The maximum Gasteiger partial charge on any atom is 0.237 e. The molecule has 5 nitrogen and oxygen atoms in total. The van der Waals surface area contributed by atoms with E-state index in [1.165, 1.54) is 5.69 Å². The van der Waals surface area contributed by atoms with Crippen LogP contribution in [0.2, 0.25) is 0 Å². The molecule has 1 amide bonds. The van der Waals surface area contributed by atoms with E-state index in [2.05, 4.69) is 28.7 Å². The van der Waals surface area contributed by atoms with E-state index in [1.54, 1.807) is 0 Å². The van der Waals surface area contributed by atoms with Gasteiger partial charge in [-0.2, -0.15) is 0 Å². The van der Waals surface area contributed by atoms with Crippen LogP contribution in [0.15, 0.2) is 6.33 Å². The minimum absolute atomic E-state index is 0.278. The Morgan fingerprint density at radius 3 is 2.68 bits per heavy atom. The van der Waals surface area contributed by atoms with E-state index in [9.17, 15) is 4.79 Å². The lowest BCUT2D eigenvalue weighted by Crippen LogP contribution is -2.53. The van der Waals surface area contributed by atoms with E-state index in [4.69, 9.17) is 5.73 Å². The molecule has 1 heterocycles. The first kappa shape index (κ1) is 15.7. The summed E-state index contributed by atoms with van der Waals surface area (Å²) >= 11 is 0. The number of aromatic nitrogens is 2. The van der Waals surface area contributed by atoms with Crippen molar-refractivity contribution in [1.29, 1.82) is 0 Å². The highest BCUT2D eigenvalue weighted by Crippen LogP contribution is 2.14. The van der Waals surface area contributed by atoms with Gasteiger partial charge in [0.25, 0.3) is 0 Å². The lowest BCUT2D eigenvalue weighted by Gasteiger charge is -2.27. The molecule has 1 aromatic rings. The molecule has 3 N–H and O–H groups in total. The van der Waals surface area contributed by atoms with E-state index < -0.39 is 5.54 Å². The zero-order valence-corrected chi connectivity index (χ0v) is 12.5. The molecule has 0 fully saturated rings. The highest BCUT2D eigenvalue weighted by atomic mass is 16.1. The molecular formula is C14H26N4O. The molecule has 1 aromatic heterocycles. The summed E-state index contributed by atoms with van der Waals surface area (Å²) in [7, 11) is 0. The summed E-state index contributed by atoms with van der Waals surface area (Å²) in [6.45, 7) is 9.70. The first-order chi connectivity index (χ1) is 8.90. The Morgan fingerprint density at radius 2 is 2.21 bits per heavy atom. The molecule has 0 saturated heterocycles. The zero-order chi connectivity index (χ0) is 14.5. The van der Waals surface area contributed by atoms with Gasteiger partial charge in [0.05, 0.1) is 17.6 Å². The molecule has 0 saturated carbocycles. The van der Waals surface area contributed by atoms with Crippen molar-refractivity contribution < 1.29 is 4.79 Å². The normalized spacial score (nSPS) is 14.3. The molecule has 0 aromatic carbocycles. The van der Waals surface area contributed by atoms with Crippen LogP contribution < -0.4 is 11.1 Å². The van der Waals surface area contributed by atoms with Crippen LogP contribution in [0.3, 0.4) is 0 Å². The second kappa shape index (κ2) is 6.70. The van der Waals surface area contributed by atoms with Gasteiger partial charge in [0.15, 0.2) is 0 Å². The van der Waals surface area contributed by atoms with Crippen molar-refractivity contribution in [2.75, 3.05) is 6.54 Å². The lowest BCUT2D eigenvalue weighted by molar-refractivity contribution is -0.124. The third-order valence-corrected chi connectivity index (χ3v) is 3.73. The molecule has 1 rings (SSSR count). The van der Waals surface area contributed by atoms with Crippen molar-refractivity contribution in [2.45, 2.75) is 59.0 Å². The number of aryl methyl sites for hydroxylation is 2. The smallest absolute Gasteiger partial charge is 0.237 e. The second-order valence-corrected chi connectivity index (χ2v) is 5.34. The summed E-state index contributed by atoms with van der Waals surface area (Å²) in [6, 6.07) is 0. The number of hydrogen-bond acceptors (Lipinski definition) is 3. The fourth-order valence-corrected chi connectivity index (χ4v) is 2.07. The zero-order valence-electron chi connectivity index (χ0n) is 12.5. The minimum Gasteiger partial charge on any atom is -0.368 e. The fraction of sp³-hybridized carbons (Fsp3) is 0.714. The lowest BCUT2D eigenvalue weighted by atomic mass is 9.94. The van der Waals surface area contributed by atoms with E-state index in [0.29, 0.717) is 0 Å². The van der Waals surface area contributed by atoms with Crippen LogP contribution in [-0.4, -0.2) is 27.5 Å². The summed E-state index contributed by atoms with van der Waals surface area (Å²) in [4.78, 5) is 15.9. The van der Waals surface area contributed by atoms with Crippen molar-refractivity contribution in [3.63, 3.8) is 0 Å². The number of amides is 1. The third-order valence-electron chi connectivity index (χ3n) is 3.73. The Hall–Kier alpha value is -1.36. The average molecular weight is 266 g/mol. The quantitative estimate of drug-likeness (QED) is 0.749. The summed E-state index contributed by atoms with van der Waals surface area (Å²) in [5.41, 5.74) is 7.13. The summed E-state index contributed by atoms with van der Waals surface area (Å²) in [5.74, 6) is -0.278. The Morgan fingerprint density at radius 1 is 1.53 bits per heavy atom. The van der Waals surface area contributed by atoms with Gasteiger partial charge in [-0.1, -0.05) is 6.92 Å². The van der Waals surface area contributed by atoms with E-state index in [1.807, 2.05) is 20.2 Å². The summed E-state index contributed by atoms with van der Waals surface area (Å²) in [5, 5.41) is 3.25. The maximum absolute atomic E-state index is 11.6. The van der Waals surface area contributed by atoms with Crippen LogP contribution in [0.5, 0.6) is 0 Å². The molecule has 0 radical (unpaired) electrons. The molecule has 1 atom stereocenters. The van der Waals surface area contributed by atoms with Crippen LogP contribution in [0.4, 0.5) is 0 Å². The highest BCUT2D eigenvalue weighted by Gasteiger charge is 2.29. The molecule has 1 unspecified atom stereocenters. The SMILES string of the molecule is CCCNC(C)(CCCn1cnc(C)c1C)C(N)=O. The van der Waals surface area contributed by atoms with Crippen molar-refractivity contribution in [1.82, 2.24) is 14.9 Å². The van der Waals surface area contributed by atoms with Gasteiger partial charge in [-0.05, 0) is 46.6 Å². The first-order valence-electron chi connectivity index (χ1n) is 6.94. The molecule has 5 heteroatoms. The number of carbonyl (C=O) groups is 1. The number of carbonyl (C=O) groups excluding carboxylic acids is 1. The van der Waals surface area contributed by atoms with Crippen molar-refractivity contribution in [3.05, 3.63) is 17.7 Å². The van der Waals surface area contributed by atoms with Gasteiger partial charge in [0.2, 0.25) is 5.91 Å². The monoisotopic (exact) mass is 266 g/mol. The molecule has 108 valence electrons. The minimum atomic E-state index is -0.612. The average Bonchev–Trinajstić information content (AvgIpc) is 2.68. The predicted molar refractivity (Wildman–Crippen MR) is 76.8 cm³/mol. The summed E-state index contributed by atoms with van der Waals surface area (Å²) < 4.78 is 2.12. The number of primary amides is 1. The molecular weight excluding hydrogens is 240 g/mol. The Balaban J connectivity index is 2.53. The van der Waals surface area contributed by atoms with Gasteiger partial charge >= 0.3 is 0 Å². The maximum atomic E-state index is 11.6. The predicted octanol–water partition coefficient (Wildman–Crippen LogP) is 1.52. The Bertz CT molecular complexity index is 427. The second-order valence-electron chi connectivity index (χ2n) is 5.34. The van der Waals surface area contributed by atoms with Gasteiger partial charge in [-0.15, -0.1) is 0 Å². The van der Waals surface area contributed by atoms with Gasteiger partial charge in [-0.3, -0.25) is 4.79 Å². The van der Waals surface area contributed by atoms with E-state index in [-0.39, 0.29) is 5.91 Å². The van der Waals surface area contributed by atoms with Gasteiger partial charge < -0.3 is 15.6 Å². The first-order valence-corrected chi connectivity index (χ1v) is 6.94. The van der Waals surface area contributed by atoms with Gasteiger partial charge in [0, 0.05) is 12.2 Å². The number of rotatable bonds is 8. The standard InChI is InChI=1S/C14H26N4O/c1-5-8-17-14(4,13(15)19)7-6-9-18-10-16-11(2)12(18)3/h10,17H,5-9H2,1-4H3,(H2,15,19). The summed E-state index contributed by atoms with van der Waals surface area (Å²) in [6.07, 6.45) is 4.47. The van der Waals surface area contributed by atoms with Crippen LogP contribution in [-0.2, 0) is 11.3 Å². The highest BCUT2D eigenvalue weighted by molar-refractivity contribution is 5.84. The largest absolute Gasteiger partial charge is 0.368 e. The molecule has 0 aliphatic heterocycles. The Kier molecular flexibility index (Phi) is 5.54. The van der Waals surface area contributed by atoms with E-state index >= 15 is 0 Å². The topological polar surface area (TPSA) is 72.9 Å². The number of nitrogens with zero attached hydrogens (tertiary/aromatic N) is 2. The van der Waals surface area contributed by atoms with Gasteiger partial charge in [-0.25, -0.2) is 4.98 Å². The van der Waals surface area contributed by atoms with Crippen LogP contribution in [0, 0.1) is 13.8 Å². The fourth-order valence-electron chi connectivity index (χ4n) is 2.07. The molecule has 0 aliphatic rings. The van der Waals surface area contributed by atoms with E-state index in [0.717, 1.165) is 38.0 Å². The van der Waals surface area contributed by atoms with Crippen LogP contribution in [0.25, 0.3) is 0 Å². The van der Waals surface area contributed by atoms with Crippen LogP contribution >= 0.6 is 0 Å². The van der Waals surface area contributed by atoms with Crippen LogP contribution in [0.1, 0.15) is 44.5 Å². The molecule has 0 bridgehead atoms.